The van der Waals surface area contributed by atoms with Crippen LogP contribution in [0.25, 0.3) is 11.6 Å². The summed E-state index contributed by atoms with van der Waals surface area (Å²) in [5.41, 5.74) is 2.69. The Morgan fingerprint density at radius 3 is 2.00 bits per heavy atom. The molecular formula is C27H20Cl2O3. The third kappa shape index (κ3) is 4.02. The molecule has 3 aromatic carbocycles. The van der Waals surface area contributed by atoms with Crippen molar-refractivity contribution in [3.63, 3.8) is 0 Å². The Morgan fingerprint density at radius 2 is 1.44 bits per heavy atom. The van der Waals surface area contributed by atoms with E-state index in [4.69, 9.17) is 27.9 Å². The van der Waals surface area contributed by atoms with Crippen LogP contribution in [0.15, 0.2) is 84.9 Å². The number of carbonyl (C=O) groups excluding carboxylic acids is 2. The summed E-state index contributed by atoms with van der Waals surface area (Å²) in [6, 6.07) is 22.3. The van der Waals surface area contributed by atoms with E-state index in [-0.39, 0.29) is 12.2 Å². The number of allylic oxidation sites excluding steroid dienone is 2. The zero-order chi connectivity index (χ0) is 22.7. The molecule has 1 aliphatic carbocycles. The molecule has 0 bridgehead atoms. The SMILES string of the molecule is COC(=O)[C@]1(CC=C(c2ccc(Cl)cc2)c2ccc(Cl)cc2)C(=O)C=Cc2ccccc21. The van der Waals surface area contributed by atoms with Gasteiger partial charge < -0.3 is 4.74 Å². The fraction of sp³-hybridized carbons (Fsp3) is 0.111. The Labute approximate surface area is 196 Å². The molecule has 1 atom stereocenters. The van der Waals surface area contributed by atoms with Crippen molar-refractivity contribution >= 4 is 46.6 Å². The number of halogens is 2. The second-order valence-corrected chi connectivity index (χ2v) is 8.39. The third-order valence-electron chi connectivity index (χ3n) is 5.71. The summed E-state index contributed by atoms with van der Waals surface area (Å²) in [4.78, 5) is 26.3. The van der Waals surface area contributed by atoms with Crippen molar-refractivity contribution in [3.05, 3.63) is 117 Å². The predicted molar refractivity (Wildman–Crippen MR) is 129 cm³/mol. The standard InChI is InChI=1S/C27H20Cl2O3/c1-32-26(31)27(24-5-3-2-4-20(24)10-15-25(27)30)17-16-23(18-6-11-21(28)12-7-18)19-8-13-22(29)14-9-19/h2-16H,17H2,1H3/t27-/m0/s1. The predicted octanol–water partition coefficient (Wildman–Crippen LogP) is 6.52. The highest BCUT2D eigenvalue weighted by Crippen LogP contribution is 2.39. The molecule has 0 N–H and O–H groups in total. The highest BCUT2D eigenvalue weighted by atomic mass is 35.5. The minimum absolute atomic E-state index is 0.139. The van der Waals surface area contributed by atoms with Gasteiger partial charge in [0.1, 0.15) is 0 Å². The van der Waals surface area contributed by atoms with Gasteiger partial charge in [-0.15, -0.1) is 0 Å². The minimum atomic E-state index is -1.45. The second-order valence-electron chi connectivity index (χ2n) is 7.52. The van der Waals surface area contributed by atoms with Crippen LogP contribution in [0.3, 0.4) is 0 Å². The number of hydrogen-bond acceptors (Lipinski definition) is 3. The first-order valence-corrected chi connectivity index (χ1v) is 10.8. The molecule has 0 amide bonds. The zero-order valence-electron chi connectivity index (χ0n) is 17.3. The number of carbonyl (C=O) groups is 2. The fourth-order valence-electron chi connectivity index (χ4n) is 4.07. The largest absolute Gasteiger partial charge is 0.468 e. The normalized spacial score (nSPS) is 16.9. The number of hydrogen-bond donors (Lipinski definition) is 0. The van der Waals surface area contributed by atoms with Gasteiger partial charge in [-0.25, -0.2) is 0 Å². The third-order valence-corrected chi connectivity index (χ3v) is 6.22. The van der Waals surface area contributed by atoms with Gasteiger partial charge in [0, 0.05) is 10.0 Å². The van der Waals surface area contributed by atoms with Crippen LogP contribution in [0.2, 0.25) is 10.0 Å². The second kappa shape index (κ2) is 9.15. The molecule has 0 aromatic heterocycles. The van der Waals surface area contributed by atoms with Gasteiger partial charge in [0.2, 0.25) is 0 Å². The molecule has 0 saturated carbocycles. The molecule has 0 radical (unpaired) electrons. The Balaban J connectivity index is 1.88. The minimum Gasteiger partial charge on any atom is -0.468 e. The van der Waals surface area contributed by atoms with E-state index in [0.29, 0.717) is 15.6 Å². The molecule has 0 fully saturated rings. The monoisotopic (exact) mass is 462 g/mol. The van der Waals surface area contributed by atoms with E-state index >= 15 is 0 Å². The molecule has 0 saturated heterocycles. The van der Waals surface area contributed by atoms with E-state index < -0.39 is 11.4 Å². The van der Waals surface area contributed by atoms with Gasteiger partial charge in [0.05, 0.1) is 7.11 Å². The zero-order valence-corrected chi connectivity index (χ0v) is 18.9. The molecule has 1 aliphatic rings. The Kier molecular flexibility index (Phi) is 6.31. The maximum absolute atomic E-state index is 13.2. The highest BCUT2D eigenvalue weighted by molar-refractivity contribution is 6.31. The first kappa shape index (κ1) is 22.1. The molecule has 0 spiro atoms. The molecule has 5 heteroatoms. The van der Waals surface area contributed by atoms with Crippen molar-refractivity contribution in [1.82, 2.24) is 0 Å². The van der Waals surface area contributed by atoms with E-state index in [2.05, 4.69) is 0 Å². The lowest BCUT2D eigenvalue weighted by Gasteiger charge is -2.32. The van der Waals surface area contributed by atoms with Crippen molar-refractivity contribution in [1.29, 1.82) is 0 Å². The first-order chi connectivity index (χ1) is 15.5. The number of ether oxygens (including phenoxy) is 1. The van der Waals surface area contributed by atoms with Crippen molar-refractivity contribution in [2.24, 2.45) is 0 Å². The quantitative estimate of drug-likeness (QED) is 0.320. The van der Waals surface area contributed by atoms with E-state index in [1.165, 1.54) is 13.2 Å². The lowest BCUT2D eigenvalue weighted by Crippen LogP contribution is -2.45. The fourth-order valence-corrected chi connectivity index (χ4v) is 4.32. The van der Waals surface area contributed by atoms with Crippen molar-refractivity contribution in [2.75, 3.05) is 7.11 Å². The Hall–Kier alpha value is -3.14. The van der Waals surface area contributed by atoms with Gasteiger partial charge in [-0.05, 0) is 64.6 Å². The molecule has 3 nitrogen and oxygen atoms in total. The molecule has 0 heterocycles. The number of fused-ring (bicyclic) bond motifs is 1. The van der Waals surface area contributed by atoms with Gasteiger partial charge >= 0.3 is 5.97 Å². The van der Waals surface area contributed by atoms with Gasteiger partial charge in [0.25, 0.3) is 0 Å². The van der Waals surface area contributed by atoms with Crippen LogP contribution in [0, 0.1) is 0 Å². The Bertz CT molecular complexity index is 1180. The smallest absolute Gasteiger partial charge is 0.324 e. The molecular weight excluding hydrogens is 443 g/mol. The summed E-state index contributed by atoms with van der Waals surface area (Å²) in [6.07, 6.45) is 5.25. The van der Waals surface area contributed by atoms with Crippen LogP contribution in [0.5, 0.6) is 0 Å². The number of esters is 1. The van der Waals surface area contributed by atoms with Crippen LogP contribution in [0.1, 0.15) is 28.7 Å². The lowest BCUT2D eigenvalue weighted by molar-refractivity contribution is -0.150. The average Bonchev–Trinajstić information content (AvgIpc) is 2.82. The van der Waals surface area contributed by atoms with Crippen molar-refractivity contribution in [2.45, 2.75) is 11.8 Å². The van der Waals surface area contributed by atoms with Crippen LogP contribution in [-0.4, -0.2) is 18.9 Å². The summed E-state index contributed by atoms with van der Waals surface area (Å²) in [5, 5.41) is 1.24. The highest BCUT2D eigenvalue weighted by Gasteiger charge is 2.49. The van der Waals surface area contributed by atoms with Crippen molar-refractivity contribution < 1.29 is 14.3 Å². The molecule has 32 heavy (non-hydrogen) atoms. The van der Waals surface area contributed by atoms with Crippen LogP contribution >= 0.6 is 23.2 Å². The molecule has 4 rings (SSSR count). The number of rotatable bonds is 5. The van der Waals surface area contributed by atoms with E-state index in [9.17, 15) is 9.59 Å². The van der Waals surface area contributed by atoms with E-state index in [1.807, 2.05) is 54.6 Å². The summed E-state index contributed by atoms with van der Waals surface area (Å²) in [7, 11) is 1.31. The van der Waals surface area contributed by atoms with Crippen LogP contribution < -0.4 is 0 Å². The molecule has 160 valence electrons. The van der Waals surface area contributed by atoms with Crippen LogP contribution in [-0.2, 0) is 19.7 Å². The molecule has 0 unspecified atom stereocenters. The van der Waals surface area contributed by atoms with E-state index in [1.54, 1.807) is 30.3 Å². The lowest BCUT2D eigenvalue weighted by atomic mass is 9.69. The van der Waals surface area contributed by atoms with Gasteiger partial charge in [-0.1, -0.05) is 83.9 Å². The Morgan fingerprint density at radius 1 is 0.875 bits per heavy atom. The van der Waals surface area contributed by atoms with Crippen LogP contribution in [0.4, 0.5) is 0 Å². The van der Waals surface area contributed by atoms with E-state index in [0.717, 1.165) is 22.3 Å². The maximum atomic E-state index is 13.2. The average molecular weight is 463 g/mol. The first-order valence-electron chi connectivity index (χ1n) is 10.1. The number of ketones is 1. The van der Waals surface area contributed by atoms with Crippen molar-refractivity contribution in [3.8, 4) is 0 Å². The van der Waals surface area contributed by atoms with Gasteiger partial charge in [-0.3, -0.25) is 9.59 Å². The maximum Gasteiger partial charge on any atom is 0.324 e. The van der Waals surface area contributed by atoms with Gasteiger partial charge in [0.15, 0.2) is 11.2 Å². The molecule has 3 aromatic rings. The summed E-state index contributed by atoms with van der Waals surface area (Å²) >= 11 is 12.2. The molecule has 0 aliphatic heterocycles. The van der Waals surface area contributed by atoms with Gasteiger partial charge in [-0.2, -0.15) is 0 Å². The summed E-state index contributed by atoms with van der Waals surface area (Å²) in [5.74, 6) is -0.882. The number of methoxy groups -OCH3 is 1. The summed E-state index contributed by atoms with van der Waals surface area (Å²) < 4.78 is 5.14. The number of benzene rings is 3. The summed E-state index contributed by atoms with van der Waals surface area (Å²) in [6.45, 7) is 0. The topological polar surface area (TPSA) is 43.4 Å².